The second-order valence-corrected chi connectivity index (χ2v) is 6.95. The number of ether oxygens (including phenoxy) is 1. The van der Waals surface area contributed by atoms with Gasteiger partial charge in [-0.2, -0.15) is 0 Å². The fourth-order valence-corrected chi connectivity index (χ4v) is 3.70. The van der Waals surface area contributed by atoms with Crippen LogP contribution in [0.5, 0.6) is 5.75 Å². The number of amides is 2. The third-order valence-corrected chi connectivity index (χ3v) is 5.20. The maximum absolute atomic E-state index is 13.0. The number of carbonyl (C=O) groups is 2. The lowest BCUT2D eigenvalue weighted by atomic mass is 10.0. The van der Waals surface area contributed by atoms with Crippen molar-refractivity contribution in [3.8, 4) is 5.75 Å². The Morgan fingerprint density at radius 1 is 1.07 bits per heavy atom. The van der Waals surface area contributed by atoms with Crippen LogP contribution >= 0.6 is 0 Å². The molecule has 148 valence electrons. The van der Waals surface area contributed by atoms with E-state index < -0.39 is 0 Å². The molecular weight excluding hydrogens is 352 g/mol. The summed E-state index contributed by atoms with van der Waals surface area (Å²) in [4.78, 5) is 27.3. The summed E-state index contributed by atoms with van der Waals surface area (Å²) in [5.41, 5.74) is 3.87. The van der Waals surface area contributed by atoms with Crippen molar-refractivity contribution < 1.29 is 14.3 Å². The predicted molar refractivity (Wildman–Crippen MR) is 112 cm³/mol. The van der Waals surface area contributed by atoms with Gasteiger partial charge in [-0.3, -0.25) is 9.59 Å². The van der Waals surface area contributed by atoms with Gasteiger partial charge in [-0.1, -0.05) is 44.2 Å². The molecular formula is C23H28N2O3. The number of anilines is 2. The number of carbonyl (C=O) groups excluding carboxylic acids is 2. The first-order valence-corrected chi connectivity index (χ1v) is 10.0. The van der Waals surface area contributed by atoms with E-state index in [1.807, 2.05) is 49.4 Å². The smallest absolute Gasteiger partial charge is 0.229 e. The summed E-state index contributed by atoms with van der Waals surface area (Å²) in [7, 11) is 0. The molecule has 1 N–H and O–H groups in total. The maximum Gasteiger partial charge on any atom is 0.229 e. The van der Waals surface area contributed by atoms with Crippen LogP contribution in [-0.2, 0) is 22.4 Å². The summed E-state index contributed by atoms with van der Waals surface area (Å²) in [6, 6.07) is 13.6. The summed E-state index contributed by atoms with van der Waals surface area (Å²) < 4.78 is 5.66. The SMILES string of the molecule is CCOc1ccccc1N1C[C@H](C(=O)Nc2c(CC)cccc2CC)CC1=O. The number of benzene rings is 2. The summed E-state index contributed by atoms with van der Waals surface area (Å²) in [6.07, 6.45) is 1.91. The number of aryl methyl sites for hydroxylation is 2. The Balaban J connectivity index is 1.79. The molecule has 0 spiro atoms. The van der Waals surface area contributed by atoms with Crippen molar-refractivity contribution in [3.63, 3.8) is 0 Å². The van der Waals surface area contributed by atoms with E-state index in [9.17, 15) is 9.59 Å². The Bertz CT molecular complexity index is 840. The highest BCUT2D eigenvalue weighted by molar-refractivity contribution is 6.04. The van der Waals surface area contributed by atoms with E-state index in [0.717, 1.165) is 35.3 Å². The molecule has 1 aliphatic rings. The fourth-order valence-electron chi connectivity index (χ4n) is 3.70. The minimum absolute atomic E-state index is 0.0493. The molecule has 0 aromatic heterocycles. The van der Waals surface area contributed by atoms with Crippen molar-refractivity contribution in [2.24, 2.45) is 5.92 Å². The number of nitrogens with zero attached hydrogens (tertiary/aromatic N) is 1. The quantitative estimate of drug-likeness (QED) is 0.783. The van der Waals surface area contributed by atoms with Gasteiger partial charge in [0.25, 0.3) is 0 Å². The van der Waals surface area contributed by atoms with Gasteiger partial charge in [0.1, 0.15) is 5.75 Å². The molecule has 3 rings (SSSR count). The Morgan fingerprint density at radius 3 is 2.39 bits per heavy atom. The number of hydrogen-bond acceptors (Lipinski definition) is 3. The van der Waals surface area contributed by atoms with Crippen molar-refractivity contribution in [1.29, 1.82) is 0 Å². The Labute approximate surface area is 166 Å². The molecule has 0 aliphatic carbocycles. The predicted octanol–water partition coefficient (Wildman–Crippen LogP) is 4.20. The Kier molecular flexibility index (Phi) is 6.34. The maximum atomic E-state index is 13.0. The van der Waals surface area contributed by atoms with Crippen LogP contribution in [0.4, 0.5) is 11.4 Å². The molecule has 5 heteroatoms. The zero-order valence-electron chi connectivity index (χ0n) is 16.8. The van der Waals surface area contributed by atoms with E-state index in [2.05, 4.69) is 19.2 Å². The third-order valence-electron chi connectivity index (χ3n) is 5.20. The molecule has 2 aromatic rings. The summed E-state index contributed by atoms with van der Waals surface area (Å²) in [5.74, 6) is 0.146. The minimum Gasteiger partial charge on any atom is -0.492 e. The van der Waals surface area contributed by atoms with Gasteiger partial charge in [-0.25, -0.2) is 0 Å². The molecule has 5 nitrogen and oxygen atoms in total. The lowest BCUT2D eigenvalue weighted by Crippen LogP contribution is -2.29. The first-order chi connectivity index (χ1) is 13.6. The van der Waals surface area contributed by atoms with E-state index in [1.165, 1.54) is 0 Å². The molecule has 0 unspecified atom stereocenters. The van der Waals surface area contributed by atoms with E-state index in [1.54, 1.807) is 4.90 Å². The number of hydrogen-bond donors (Lipinski definition) is 1. The first-order valence-electron chi connectivity index (χ1n) is 10.0. The van der Waals surface area contributed by atoms with Crippen molar-refractivity contribution in [3.05, 3.63) is 53.6 Å². The highest BCUT2D eigenvalue weighted by atomic mass is 16.5. The van der Waals surface area contributed by atoms with Crippen LogP contribution in [0.2, 0.25) is 0 Å². The van der Waals surface area contributed by atoms with Crippen molar-refractivity contribution in [2.45, 2.75) is 40.0 Å². The highest BCUT2D eigenvalue weighted by Gasteiger charge is 2.36. The van der Waals surface area contributed by atoms with Crippen molar-refractivity contribution in [1.82, 2.24) is 0 Å². The monoisotopic (exact) mass is 380 g/mol. The minimum atomic E-state index is -0.378. The lowest BCUT2D eigenvalue weighted by Gasteiger charge is -2.20. The molecule has 1 heterocycles. The molecule has 0 saturated carbocycles. The Hall–Kier alpha value is -2.82. The van der Waals surface area contributed by atoms with Gasteiger partial charge in [0.15, 0.2) is 0 Å². The molecule has 2 amide bonds. The van der Waals surface area contributed by atoms with Gasteiger partial charge in [-0.15, -0.1) is 0 Å². The van der Waals surface area contributed by atoms with Crippen molar-refractivity contribution in [2.75, 3.05) is 23.4 Å². The van der Waals surface area contributed by atoms with Crippen molar-refractivity contribution >= 4 is 23.2 Å². The van der Waals surface area contributed by atoms with E-state index >= 15 is 0 Å². The second kappa shape index (κ2) is 8.91. The van der Waals surface area contributed by atoms with Crippen LogP contribution in [-0.4, -0.2) is 25.0 Å². The fraction of sp³-hybridized carbons (Fsp3) is 0.391. The lowest BCUT2D eigenvalue weighted by molar-refractivity contribution is -0.122. The van der Waals surface area contributed by atoms with Crippen LogP contribution in [0, 0.1) is 5.92 Å². The van der Waals surface area contributed by atoms with E-state index in [4.69, 9.17) is 4.74 Å². The molecule has 2 aromatic carbocycles. The van der Waals surface area contributed by atoms with Crippen LogP contribution < -0.4 is 15.0 Å². The van der Waals surface area contributed by atoms with Gasteiger partial charge in [0.05, 0.1) is 18.2 Å². The van der Waals surface area contributed by atoms with Crippen LogP contribution in [0.3, 0.4) is 0 Å². The molecule has 1 saturated heterocycles. The van der Waals surface area contributed by atoms with E-state index in [0.29, 0.717) is 18.9 Å². The molecule has 1 aliphatic heterocycles. The third kappa shape index (κ3) is 4.03. The molecule has 28 heavy (non-hydrogen) atoms. The van der Waals surface area contributed by atoms with Crippen LogP contribution in [0.15, 0.2) is 42.5 Å². The van der Waals surface area contributed by atoms with Crippen LogP contribution in [0.1, 0.15) is 38.3 Å². The summed E-state index contributed by atoms with van der Waals surface area (Å²) in [5, 5.41) is 3.11. The number of para-hydroxylation sites is 3. The van der Waals surface area contributed by atoms with E-state index in [-0.39, 0.29) is 24.2 Å². The second-order valence-electron chi connectivity index (χ2n) is 6.95. The molecule has 0 radical (unpaired) electrons. The highest BCUT2D eigenvalue weighted by Crippen LogP contribution is 2.34. The normalized spacial score (nSPS) is 16.3. The first kappa shape index (κ1) is 19.9. The largest absolute Gasteiger partial charge is 0.492 e. The molecule has 1 fully saturated rings. The zero-order valence-corrected chi connectivity index (χ0v) is 16.8. The average molecular weight is 380 g/mol. The summed E-state index contributed by atoms with van der Waals surface area (Å²) >= 11 is 0. The molecule has 1 atom stereocenters. The van der Waals surface area contributed by atoms with Gasteiger partial charge in [-0.05, 0) is 43.0 Å². The Morgan fingerprint density at radius 2 is 1.75 bits per heavy atom. The number of rotatable bonds is 7. The topological polar surface area (TPSA) is 58.6 Å². The van der Waals surface area contributed by atoms with Gasteiger partial charge >= 0.3 is 0 Å². The summed E-state index contributed by atoms with van der Waals surface area (Å²) in [6.45, 7) is 6.96. The zero-order chi connectivity index (χ0) is 20.1. The standard InChI is InChI=1S/C23H28N2O3/c1-4-16-10-9-11-17(5-2)22(16)24-23(27)18-14-21(26)25(15-18)19-12-7-8-13-20(19)28-6-3/h7-13,18H,4-6,14-15H2,1-3H3,(H,24,27)/t18-/m1/s1. The van der Waals surface area contributed by atoms with Gasteiger partial charge in [0, 0.05) is 18.7 Å². The average Bonchev–Trinajstić information content (AvgIpc) is 3.10. The molecule has 0 bridgehead atoms. The van der Waals surface area contributed by atoms with Crippen LogP contribution in [0.25, 0.3) is 0 Å². The number of nitrogens with one attached hydrogen (secondary N) is 1. The van der Waals surface area contributed by atoms with Gasteiger partial charge < -0.3 is 15.0 Å². The van der Waals surface area contributed by atoms with Gasteiger partial charge in [0.2, 0.25) is 11.8 Å².